The quantitative estimate of drug-likeness (QED) is 0.616. The van der Waals surface area contributed by atoms with Gasteiger partial charge < -0.3 is 5.11 Å². The van der Waals surface area contributed by atoms with E-state index in [0.717, 1.165) is 9.13 Å². The van der Waals surface area contributed by atoms with Gasteiger partial charge in [0.1, 0.15) is 0 Å². The zero-order chi connectivity index (χ0) is 12.7. The fourth-order valence-electron chi connectivity index (χ4n) is 1.34. The molecule has 0 atom stereocenters. The summed E-state index contributed by atoms with van der Waals surface area (Å²) >= 11 is 0. The van der Waals surface area contributed by atoms with E-state index in [9.17, 15) is 14.4 Å². The Labute approximate surface area is 93.0 Å². The van der Waals surface area contributed by atoms with Crippen molar-refractivity contribution in [3.63, 3.8) is 0 Å². The first-order chi connectivity index (χ1) is 7.93. The third-order valence-electron chi connectivity index (χ3n) is 2.26. The third-order valence-corrected chi connectivity index (χ3v) is 2.26. The zero-order valence-corrected chi connectivity index (χ0v) is 8.91. The predicted molar refractivity (Wildman–Crippen MR) is 54.8 cm³/mol. The molecule has 0 bridgehead atoms. The monoisotopic (exact) mass is 237 g/mol. The first-order valence-corrected chi connectivity index (χ1v) is 4.47. The van der Waals surface area contributed by atoms with Crippen LogP contribution in [0.2, 0.25) is 0 Å². The molecular formula is C8H7N5O4. The van der Waals surface area contributed by atoms with Gasteiger partial charge in [-0.25, -0.2) is 14.6 Å². The van der Waals surface area contributed by atoms with E-state index in [-0.39, 0.29) is 11.2 Å². The van der Waals surface area contributed by atoms with Gasteiger partial charge in [-0.3, -0.25) is 13.9 Å². The smallest absolute Gasteiger partial charge is 0.375 e. The second-order valence-electron chi connectivity index (χ2n) is 3.32. The largest absolute Gasteiger partial charge is 0.475 e. The minimum Gasteiger partial charge on any atom is -0.475 e. The lowest BCUT2D eigenvalue weighted by Gasteiger charge is -2.04. The van der Waals surface area contributed by atoms with Crippen LogP contribution in [0.5, 0.6) is 0 Å². The van der Waals surface area contributed by atoms with Gasteiger partial charge in [0, 0.05) is 14.1 Å². The SMILES string of the molecule is Cn1c(=O)c2nc(C(=O)O)nnc2n(C)c1=O. The predicted octanol–water partition coefficient (Wildman–Crippen LogP) is -1.88. The van der Waals surface area contributed by atoms with Crippen LogP contribution in [0.25, 0.3) is 11.2 Å². The van der Waals surface area contributed by atoms with E-state index in [1.807, 2.05) is 0 Å². The van der Waals surface area contributed by atoms with Crippen molar-refractivity contribution in [3.8, 4) is 0 Å². The summed E-state index contributed by atoms with van der Waals surface area (Å²) in [6.07, 6.45) is 0. The van der Waals surface area contributed by atoms with Crippen molar-refractivity contribution in [1.82, 2.24) is 24.3 Å². The van der Waals surface area contributed by atoms with Crippen molar-refractivity contribution < 1.29 is 9.90 Å². The summed E-state index contributed by atoms with van der Waals surface area (Å²) < 4.78 is 1.89. The fraction of sp³-hybridized carbons (Fsp3) is 0.250. The molecular weight excluding hydrogens is 230 g/mol. The number of hydrogen-bond donors (Lipinski definition) is 1. The topological polar surface area (TPSA) is 120 Å². The molecule has 0 saturated heterocycles. The van der Waals surface area contributed by atoms with Crippen LogP contribution in [0, 0.1) is 0 Å². The molecule has 0 spiro atoms. The summed E-state index contributed by atoms with van der Waals surface area (Å²) in [5.41, 5.74) is -1.55. The molecule has 0 fully saturated rings. The van der Waals surface area contributed by atoms with Crippen LogP contribution < -0.4 is 11.2 Å². The average molecular weight is 237 g/mol. The van der Waals surface area contributed by atoms with Crippen molar-refractivity contribution in [2.75, 3.05) is 0 Å². The minimum absolute atomic E-state index is 0.0527. The van der Waals surface area contributed by atoms with Gasteiger partial charge >= 0.3 is 11.7 Å². The molecule has 2 rings (SSSR count). The third kappa shape index (κ3) is 1.48. The van der Waals surface area contributed by atoms with E-state index in [4.69, 9.17) is 5.11 Å². The Balaban J connectivity index is 3.02. The summed E-state index contributed by atoms with van der Waals surface area (Å²) in [6, 6.07) is 0. The number of rotatable bonds is 1. The number of aromatic carboxylic acids is 1. The van der Waals surface area contributed by atoms with E-state index in [0.29, 0.717) is 0 Å². The minimum atomic E-state index is -1.39. The molecule has 0 aliphatic carbocycles. The van der Waals surface area contributed by atoms with Crippen LogP contribution in [0.15, 0.2) is 9.59 Å². The molecule has 2 aromatic heterocycles. The van der Waals surface area contributed by atoms with Gasteiger partial charge in [0.2, 0.25) is 0 Å². The molecule has 0 amide bonds. The van der Waals surface area contributed by atoms with E-state index < -0.39 is 23.0 Å². The standard InChI is InChI=1S/C8H7N5O4/c1-12-5-3(6(14)13(2)8(12)17)9-4(7(15)16)10-11-5/h1-2H3,(H,15,16). The van der Waals surface area contributed by atoms with Crippen molar-refractivity contribution in [2.24, 2.45) is 14.1 Å². The molecule has 88 valence electrons. The maximum Gasteiger partial charge on any atom is 0.375 e. The van der Waals surface area contributed by atoms with Gasteiger partial charge in [-0.1, -0.05) is 0 Å². The Morgan fingerprint density at radius 3 is 2.41 bits per heavy atom. The Bertz CT molecular complexity index is 744. The van der Waals surface area contributed by atoms with Crippen LogP contribution >= 0.6 is 0 Å². The van der Waals surface area contributed by atoms with E-state index in [1.54, 1.807) is 0 Å². The maximum absolute atomic E-state index is 11.7. The van der Waals surface area contributed by atoms with Crippen LogP contribution in [-0.4, -0.2) is 35.4 Å². The Kier molecular flexibility index (Phi) is 2.23. The van der Waals surface area contributed by atoms with Gasteiger partial charge in [0.05, 0.1) is 0 Å². The molecule has 0 unspecified atom stereocenters. The van der Waals surface area contributed by atoms with Crippen LogP contribution in [-0.2, 0) is 14.1 Å². The maximum atomic E-state index is 11.7. The second-order valence-corrected chi connectivity index (χ2v) is 3.32. The highest BCUT2D eigenvalue weighted by atomic mass is 16.4. The second kappa shape index (κ2) is 3.47. The molecule has 0 radical (unpaired) electrons. The number of carboxylic acid groups (broad SMARTS) is 1. The van der Waals surface area contributed by atoms with Crippen molar-refractivity contribution in [1.29, 1.82) is 0 Å². The molecule has 2 aromatic rings. The summed E-state index contributed by atoms with van der Waals surface area (Å²) in [5.74, 6) is -1.98. The van der Waals surface area contributed by atoms with E-state index in [1.165, 1.54) is 14.1 Å². The summed E-state index contributed by atoms with van der Waals surface area (Å²) in [4.78, 5) is 37.5. The summed E-state index contributed by atoms with van der Waals surface area (Å²) in [7, 11) is 2.66. The van der Waals surface area contributed by atoms with Gasteiger partial charge in [0.15, 0.2) is 11.2 Å². The lowest BCUT2D eigenvalue weighted by atomic mass is 10.5. The van der Waals surface area contributed by atoms with Gasteiger partial charge in [-0.2, -0.15) is 0 Å². The van der Waals surface area contributed by atoms with Crippen LogP contribution in [0.1, 0.15) is 10.6 Å². The lowest BCUT2D eigenvalue weighted by molar-refractivity contribution is 0.0682. The molecule has 9 nitrogen and oxygen atoms in total. The van der Waals surface area contributed by atoms with Crippen molar-refractivity contribution in [2.45, 2.75) is 0 Å². The Morgan fingerprint density at radius 2 is 1.82 bits per heavy atom. The average Bonchev–Trinajstić information content (AvgIpc) is 2.32. The highest BCUT2D eigenvalue weighted by Gasteiger charge is 2.15. The summed E-state index contributed by atoms with van der Waals surface area (Å²) in [6.45, 7) is 0. The van der Waals surface area contributed by atoms with Crippen LogP contribution in [0.4, 0.5) is 0 Å². The van der Waals surface area contributed by atoms with Crippen LogP contribution in [0.3, 0.4) is 0 Å². The molecule has 1 N–H and O–H groups in total. The number of nitrogens with zero attached hydrogens (tertiary/aromatic N) is 5. The normalized spacial score (nSPS) is 10.7. The highest BCUT2D eigenvalue weighted by Crippen LogP contribution is 1.99. The number of carbonyl (C=O) groups is 1. The number of aromatic nitrogens is 5. The van der Waals surface area contributed by atoms with Gasteiger partial charge in [-0.15, -0.1) is 10.2 Å². The number of hydrogen-bond acceptors (Lipinski definition) is 6. The molecule has 9 heteroatoms. The lowest BCUT2D eigenvalue weighted by Crippen LogP contribution is -2.38. The number of carboxylic acids is 1. The van der Waals surface area contributed by atoms with E-state index in [2.05, 4.69) is 15.2 Å². The Morgan fingerprint density at radius 1 is 1.18 bits per heavy atom. The van der Waals surface area contributed by atoms with Gasteiger partial charge in [-0.05, 0) is 0 Å². The molecule has 2 heterocycles. The molecule has 0 saturated carbocycles. The first-order valence-electron chi connectivity index (χ1n) is 4.47. The van der Waals surface area contributed by atoms with E-state index >= 15 is 0 Å². The molecule has 0 aromatic carbocycles. The molecule has 17 heavy (non-hydrogen) atoms. The van der Waals surface area contributed by atoms with Crippen molar-refractivity contribution in [3.05, 3.63) is 26.7 Å². The number of aryl methyl sites for hydroxylation is 1. The van der Waals surface area contributed by atoms with Gasteiger partial charge in [0.25, 0.3) is 11.4 Å². The fourth-order valence-corrected chi connectivity index (χ4v) is 1.34. The first kappa shape index (κ1) is 10.9. The molecule has 0 aliphatic heterocycles. The number of fused-ring (bicyclic) bond motifs is 1. The van der Waals surface area contributed by atoms with Crippen molar-refractivity contribution >= 4 is 17.1 Å². The molecule has 0 aliphatic rings. The Hall–Kier alpha value is -2.58. The zero-order valence-electron chi connectivity index (χ0n) is 8.91. The summed E-state index contributed by atoms with van der Waals surface area (Å²) in [5, 5.41) is 15.5. The highest BCUT2D eigenvalue weighted by molar-refractivity contribution is 5.84.